The largest absolute Gasteiger partial charge is 0.465 e. The van der Waals surface area contributed by atoms with Crippen molar-refractivity contribution in [1.29, 1.82) is 0 Å². The summed E-state index contributed by atoms with van der Waals surface area (Å²) in [5.41, 5.74) is 1.61. The van der Waals surface area contributed by atoms with Gasteiger partial charge in [-0.3, -0.25) is 9.59 Å². The number of ether oxygens (including phenoxy) is 1. The minimum Gasteiger partial charge on any atom is -0.465 e. The molecule has 1 aliphatic rings. The molecule has 0 aromatic carbocycles. The molecule has 0 radical (unpaired) electrons. The molecule has 23 heavy (non-hydrogen) atoms. The van der Waals surface area contributed by atoms with E-state index in [4.69, 9.17) is 4.74 Å². The van der Waals surface area contributed by atoms with Crippen LogP contribution in [-0.2, 0) is 16.0 Å². The number of H-pyrrole nitrogens is 1. The molecule has 0 saturated heterocycles. The van der Waals surface area contributed by atoms with Crippen LogP contribution in [0, 0.1) is 6.92 Å². The van der Waals surface area contributed by atoms with Gasteiger partial charge in [0.05, 0.1) is 24.8 Å². The number of aromatic nitrogens is 1. The summed E-state index contributed by atoms with van der Waals surface area (Å²) in [5.74, 6) is -0.850. The molecule has 126 valence electrons. The summed E-state index contributed by atoms with van der Waals surface area (Å²) in [4.78, 5) is 38.8. The van der Waals surface area contributed by atoms with Crippen LogP contribution in [0.2, 0.25) is 0 Å². The molecule has 1 aliphatic carbocycles. The Hall–Kier alpha value is -2.11. The molecular weight excluding hydrogens is 296 g/mol. The smallest absolute Gasteiger partial charge is 0.339 e. The number of methoxy groups -OCH3 is 1. The van der Waals surface area contributed by atoms with E-state index in [2.05, 4.69) is 10.3 Å². The number of hydrogen-bond donors (Lipinski definition) is 2. The third-order valence-corrected chi connectivity index (χ3v) is 4.38. The molecule has 0 unspecified atom stereocenters. The minimum absolute atomic E-state index is 0.0368. The number of esters is 1. The number of carbonyl (C=O) groups excluding carboxylic acids is 3. The van der Waals surface area contributed by atoms with E-state index >= 15 is 0 Å². The number of rotatable bonds is 5. The molecule has 6 nitrogen and oxygen atoms in total. The fourth-order valence-corrected chi connectivity index (χ4v) is 3.21. The van der Waals surface area contributed by atoms with Crippen LogP contribution in [0.5, 0.6) is 0 Å². The van der Waals surface area contributed by atoms with Gasteiger partial charge in [-0.1, -0.05) is 19.3 Å². The summed E-state index contributed by atoms with van der Waals surface area (Å²) in [5, 5.41) is 3.01. The fraction of sp³-hybridized carbons (Fsp3) is 0.588. The van der Waals surface area contributed by atoms with E-state index in [0.29, 0.717) is 17.0 Å². The van der Waals surface area contributed by atoms with Crippen LogP contribution in [0.25, 0.3) is 0 Å². The molecular formula is C17H24N2O4. The highest BCUT2D eigenvalue weighted by Gasteiger charge is 2.25. The average molecular weight is 320 g/mol. The lowest BCUT2D eigenvalue weighted by molar-refractivity contribution is -0.121. The molecule has 0 bridgehead atoms. The van der Waals surface area contributed by atoms with Gasteiger partial charge in [0, 0.05) is 18.7 Å². The highest BCUT2D eigenvalue weighted by Crippen LogP contribution is 2.21. The third kappa shape index (κ3) is 4.00. The Labute approximate surface area is 136 Å². The molecule has 0 aliphatic heterocycles. The zero-order valence-electron chi connectivity index (χ0n) is 14.0. The van der Waals surface area contributed by atoms with Gasteiger partial charge in [0.25, 0.3) is 0 Å². The molecule has 1 amide bonds. The Kier molecular flexibility index (Phi) is 5.58. The molecule has 1 aromatic rings. The zero-order chi connectivity index (χ0) is 17.0. The number of hydrogen-bond acceptors (Lipinski definition) is 4. The number of ketones is 1. The van der Waals surface area contributed by atoms with Crippen molar-refractivity contribution in [1.82, 2.24) is 10.3 Å². The highest BCUT2D eigenvalue weighted by molar-refractivity contribution is 6.01. The van der Waals surface area contributed by atoms with Crippen LogP contribution in [0.15, 0.2) is 0 Å². The van der Waals surface area contributed by atoms with Crippen LogP contribution in [0.3, 0.4) is 0 Å². The number of amides is 1. The van der Waals surface area contributed by atoms with Gasteiger partial charge >= 0.3 is 5.97 Å². The highest BCUT2D eigenvalue weighted by atomic mass is 16.5. The molecule has 1 heterocycles. The van der Waals surface area contributed by atoms with Gasteiger partial charge in [-0.25, -0.2) is 4.79 Å². The molecule has 2 rings (SSSR count). The first kappa shape index (κ1) is 17.2. The summed E-state index contributed by atoms with van der Waals surface area (Å²) in [7, 11) is 1.29. The maximum absolute atomic E-state index is 12.3. The van der Waals surface area contributed by atoms with Gasteiger partial charge in [0.1, 0.15) is 0 Å². The van der Waals surface area contributed by atoms with Crippen molar-refractivity contribution in [3.05, 3.63) is 22.5 Å². The molecule has 1 saturated carbocycles. The number of nitrogens with one attached hydrogen (secondary N) is 2. The van der Waals surface area contributed by atoms with E-state index in [0.717, 1.165) is 25.7 Å². The normalized spacial score (nSPS) is 15.3. The summed E-state index contributed by atoms with van der Waals surface area (Å²) in [6.07, 6.45) is 5.52. The van der Waals surface area contributed by atoms with Crippen molar-refractivity contribution in [3.63, 3.8) is 0 Å². The van der Waals surface area contributed by atoms with Crippen LogP contribution in [-0.4, -0.2) is 35.8 Å². The van der Waals surface area contributed by atoms with E-state index in [1.165, 1.54) is 20.5 Å². The first-order chi connectivity index (χ1) is 10.9. The Bertz CT molecular complexity index is 612. The Morgan fingerprint density at radius 2 is 1.87 bits per heavy atom. The maximum Gasteiger partial charge on any atom is 0.339 e. The molecule has 0 spiro atoms. The monoisotopic (exact) mass is 320 g/mol. The van der Waals surface area contributed by atoms with Crippen LogP contribution in [0.4, 0.5) is 0 Å². The summed E-state index contributed by atoms with van der Waals surface area (Å²) in [6.45, 7) is 3.10. The predicted molar refractivity (Wildman–Crippen MR) is 85.6 cm³/mol. The summed E-state index contributed by atoms with van der Waals surface area (Å²) >= 11 is 0. The van der Waals surface area contributed by atoms with Crippen molar-refractivity contribution in [2.24, 2.45) is 0 Å². The molecule has 0 atom stereocenters. The van der Waals surface area contributed by atoms with Crippen molar-refractivity contribution in [2.45, 2.75) is 58.4 Å². The standard InChI is InChI=1S/C17H24N2O4/c1-10-15(17(22)23-3)13(19-16(10)11(2)20)9-14(21)18-12-7-5-4-6-8-12/h12,19H,4-9H2,1-3H3,(H,18,21). The topological polar surface area (TPSA) is 88.3 Å². The number of aromatic amines is 1. The maximum atomic E-state index is 12.3. The van der Waals surface area contributed by atoms with Gasteiger partial charge < -0.3 is 15.0 Å². The molecule has 2 N–H and O–H groups in total. The Balaban J connectivity index is 2.17. The van der Waals surface area contributed by atoms with Crippen molar-refractivity contribution < 1.29 is 19.1 Å². The second-order valence-corrected chi connectivity index (χ2v) is 6.11. The minimum atomic E-state index is -0.535. The summed E-state index contributed by atoms with van der Waals surface area (Å²) in [6, 6.07) is 0.209. The Morgan fingerprint density at radius 3 is 2.43 bits per heavy atom. The molecule has 6 heteroatoms. The molecule has 1 aromatic heterocycles. The number of Topliss-reactive ketones (excluding diaryl/α,β-unsaturated/α-hetero) is 1. The van der Waals surface area contributed by atoms with E-state index in [-0.39, 0.29) is 29.7 Å². The molecule has 1 fully saturated rings. The first-order valence-corrected chi connectivity index (χ1v) is 8.04. The second kappa shape index (κ2) is 7.44. The third-order valence-electron chi connectivity index (χ3n) is 4.38. The van der Waals surface area contributed by atoms with E-state index in [9.17, 15) is 14.4 Å². The SMILES string of the molecule is COC(=O)c1c(CC(=O)NC2CCCCC2)[nH]c(C(C)=O)c1C. The van der Waals surface area contributed by atoms with E-state index in [1.807, 2.05) is 0 Å². The van der Waals surface area contributed by atoms with Crippen molar-refractivity contribution in [3.8, 4) is 0 Å². The number of carbonyl (C=O) groups is 3. The van der Waals surface area contributed by atoms with Gasteiger partial charge in [0.15, 0.2) is 5.78 Å². The van der Waals surface area contributed by atoms with E-state index in [1.54, 1.807) is 6.92 Å². The first-order valence-electron chi connectivity index (χ1n) is 8.04. The fourth-order valence-electron chi connectivity index (χ4n) is 3.21. The van der Waals surface area contributed by atoms with Crippen LogP contribution in [0.1, 0.15) is 71.1 Å². The lowest BCUT2D eigenvalue weighted by Crippen LogP contribution is -2.37. The predicted octanol–water partition coefficient (Wildman–Crippen LogP) is 2.30. The lowest BCUT2D eigenvalue weighted by atomic mass is 9.95. The van der Waals surface area contributed by atoms with Gasteiger partial charge in [-0.2, -0.15) is 0 Å². The van der Waals surface area contributed by atoms with E-state index < -0.39 is 5.97 Å². The lowest BCUT2D eigenvalue weighted by Gasteiger charge is -2.22. The van der Waals surface area contributed by atoms with Gasteiger partial charge in [0.2, 0.25) is 5.91 Å². The second-order valence-electron chi connectivity index (χ2n) is 6.11. The Morgan fingerprint density at radius 1 is 1.22 bits per heavy atom. The van der Waals surface area contributed by atoms with Crippen LogP contribution < -0.4 is 5.32 Å². The quantitative estimate of drug-likeness (QED) is 0.643. The van der Waals surface area contributed by atoms with Crippen molar-refractivity contribution in [2.75, 3.05) is 7.11 Å². The average Bonchev–Trinajstić information content (AvgIpc) is 2.84. The zero-order valence-corrected chi connectivity index (χ0v) is 14.0. The van der Waals surface area contributed by atoms with Crippen molar-refractivity contribution >= 4 is 17.7 Å². The van der Waals surface area contributed by atoms with Gasteiger partial charge in [-0.05, 0) is 25.3 Å². The summed E-state index contributed by atoms with van der Waals surface area (Å²) < 4.78 is 4.78. The van der Waals surface area contributed by atoms with Gasteiger partial charge in [-0.15, -0.1) is 0 Å². The van der Waals surface area contributed by atoms with Crippen LogP contribution >= 0.6 is 0 Å².